The zero-order chi connectivity index (χ0) is 10.4. The van der Waals surface area contributed by atoms with Crippen molar-refractivity contribution < 1.29 is 9.94 Å². The lowest BCUT2D eigenvalue weighted by Gasteiger charge is -2.11. The van der Waals surface area contributed by atoms with Gasteiger partial charge < -0.3 is 9.94 Å². The topological polar surface area (TPSA) is 41.8 Å². The van der Waals surface area contributed by atoms with E-state index in [-0.39, 0.29) is 0 Å². The summed E-state index contributed by atoms with van der Waals surface area (Å²) in [5.74, 6) is 0. The Kier molecular flexibility index (Phi) is 4.13. The van der Waals surface area contributed by atoms with Gasteiger partial charge in [0.1, 0.15) is 13.2 Å². The maximum Gasteiger partial charge on any atom is 0.120 e. The van der Waals surface area contributed by atoms with Crippen molar-refractivity contribution >= 4 is 5.71 Å². The molecule has 76 valence electrons. The third-order valence-electron chi connectivity index (χ3n) is 2.00. The molecule has 0 radical (unpaired) electrons. The summed E-state index contributed by atoms with van der Waals surface area (Å²) in [6.07, 6.45) is 0.00493. The Morgan fingerprint density at radius 1 is 1.43 bits per heavy atom. The summed E-state index contributed by atoms with van der Waals surface area (Å²) in [6.45, 7) is 1.93. The van der Waals surface area contributed by atoms with Crippen molar-refractivity contribution in [3.63, 3.8) is 0 Å². The van der Waals surface area contributed by atoms with E-state index in [9.17, 15) is 5.11 Å². The molecule has 0 aliphatic heterocycles. The van der Waals surface area contributed by atoms with Crippen LogP contribution in [0.15, 0.2) is 35.5 Å². The summed E-state index contributed by atoms with van der Waals surface area (Å²) >= 11 is 0. The van der Waals surface area contributed by atoms with E-state index in [1.807, 2.05) is 37.3 Å². The van der Waals surface area contributed by atoms with Crippen LogP contribution in [0, 0.1) is 0 Å². The molecule has 0 heterocycles. The fourth-order valence-corrected chi connectivity index (χ4v) is 1.25. The molecule has 0 saturated carbocycles. The molecule has 0 spiro atoms. The van der Waals surface area contributed by atoms with Crippen LogP contribution in [0.25, 0.3) is 0 Å². The number of benzene rings is 1. The zero-order valence-corrected chi connectivity index (χ0v) is 8.47. The Hall–Kier alpha value is -1.35. The second-order valence-corrected chi connectivity index (χ2v) is 2.93. The van der Waals surface area contributed by atoms with Crippen molar-refractivity contribution in [1.29, 1.82) is 0 Å². The second kappa shape index (κ2) is 5.40. The highest BCUT2D eigenvalue weighted by molar-refractivity contribution is 5.88. The summed E-state index contributed by atoms with van der Waals surface area (Å²) in [6, 6.07) is 9.42. The molecule has 3 heteroatoms. The molecule has 1 atom stereocenters. The summed E-state index contributed by atoms with van der Waals surface area (Å²) in [5, 5.41) is 13.7. The minimum atomic E-state index is -0.666. The normalized spacial score (nSPS) is 13.8. The van der Waals surface area contributed by atoms with E-state index in [1.165, 1.54) is 7.11 Å². The van der Waals surface area contributed by atoms with Crippen LogP contribution in [0.3, 0.4) is 0 Å². The van der Waals surface area contributed by atoms with Gasteiger partial charge >= 0.3 is 0 Å². The first kappa shape index (κ1) is 10.7. The van der Waals surface area contributed by atoms with Gasteiger partial charge in [0.2, 0.25) is 0 Å². The molecule has 1 N–H and O–H groups in total. The van der Waals surface area contributed by atoms with Gasteiger partial charge in [0.15, 0.2) is 0 Å². The van der Waals surface area contributed by atoms with Gasteiger partial charge in [0.25, 0.3) is 0 Å². The average molecular weight is 193 g/mol. The summed E-state index contributed by atoms with van der Waals surface area (Å²) in [4.78, 5) is 4.67. The molecule has 0 amide bonds. The van der Waals surface area contributed by atoms with Gasteiger partial charge in [-0.2, -0.15) is 0 Å². The molecular weight excluding hydrogens is 178 g/mol. The molecule has 0 unspecified atom stereocenters. The van der Waals surface area contributed by atoms with Crippen LogP contribution >= 0.6 is 0 Å². The number of hydrogen-bond acceptors (Lipinski definition) is 3. The molecule has 1 aromatic carbocycles. The zero-order valence-electron chi connectivity index (χ0n) is 8.47. The van der Waals surface area contributed by atoms with Crippen molar-refractivity contribution in [3.8, 4) is 0 Å². The smallest absolute Gasteiger partial charge is 0.120 e. The first-order valence-electron chi connectivity index (χ1n) is 4.62. The number of aliphatic hydroxyl groups excluding tert-OH is 1. The standard InChI is InChI=1S/C11H15NO2/c1-3-10(12-14-2)11(13)9-7-5-4-6-8-9/h4-8,11,13H,3H2,1-2H3/b12-10+/t11-/m1/s1. The van der Waals surface area contributed by atoms with Crippen molar-refractivity contribution in [3.05, 3.63) is 35.9 Å². The van der Waals surface area contributed by atoms with Crippen molar-refractivity contribution in [2.45, 2.75) is 19.4 Å². The minimum Gasteiger partial charge on any atom is -0.399 e. The van der Waals surface area contributed by atoms with E-state index in [1.54, 1.807) is 0 Å². The fraction of sp³-hybridized carbons (Fsp3) is 0.364. The van der Waals surface area contributed by atoms with Crippen LogP contribution < -0.4 is 0 Å². The maximum atomic E-state index is 9.90. The van der Waals surface area contributed by atoms with Gasteiger partial charge in [0.05, 0.1) is 5.71 Å². The average Bonchev–Trinajstić information content (AvgIpc) is 2.26. The third-order valence-corrected chi connectivity index (χ3v) is 2.00. The molecule has 0 aliphatic rings. The molecule has 0 saturated heterocycles. The van der Waals surface area contributed by atoms with Gasteiger partial charge in [-0.1, -0.05) is 42.4 Å². The number of nitrogens with zero attached hydrogens (tertiary/aromatic N) is 1. The van der Waals surface area contributed by atoms with E-state index in [2.05, 4.69) is 9.99 Å². The monoisotopic (exact) mass is 193 g/mol. The highest BCUT2D eigenvalue weighted by Crippen LogP contribution is 2.15. The highest BCUT2D eigenvalue weighted by atomic mass is 16.6. The second-order valence-electron chi connectivity index (χ2n) is 2.93. The molecule has 14 heavy (non-hydrogen) atoms. The van der Waals surface area contributed by atoms with Crippen LogP contribution in [-0.2, 0) is 4.84 Å². The summed E-state index contributed by atoms with van der Waals surface area (Å²) in [7, 11) is 1.48. The van der Waals surface area contributed by atoms with E-state index in [0.29, 0.717) is 12.1 Å². The SMILES string of the molecule is CC/C(=N\OC)[C@H](O)c1ccccc1. The predicted molar refractivity (Wildman–Crippen MR) is 56.1 cm³/mol. The molecular formula is C11H15NO2. The Morgan fingerprint density at radius 3 is 2.57 bits per heavy atom. The molecule has 0 aromatic heterocycles. The molecule has 0 fully saturated rings. The lowest BCUT2D eigenvalue weighted by atomic mass is 10.0. The lowest BCUT2D eigenvalue weighted by Crippen LogP contribution is -2.11. The Bertz CT molecular complexity index is 295. The van der Waals surface area contributed by atoms with Crippen LogP contribution in [0.1, 0.15) is 25.0 Å². The molecule has 3 nitrogen and oxygen atoms in total. The minimum absolute atomic E-state index is 0.638. The number of hydrogen-bond donors (Lipinski definition) is 1. The third kappa shape index (κ3) is 2.57. The van der Waals surface area contributed by atoms with Crippen LogP contribution in [-0.4, -0.2) is 17.9 Å². The van der Waals surface area contributed by atoms with Gasteiger partial charge in [-0.05, 0) is 12.0 Å². The van der Waals surface area contributed by atoms with Crippen LogP contribution in [0.2, 0.25) is 0 Å². The predicted octanol–water partition coefficient (Wildman–Crippen LogP) is 2.13. The van der Waals surface area contributed by atoms with Gasteiger partial charge in [0, 0.05) is 0 Å². The maximum absolute atomic E-state index is 9.90. The first-order chi connectivity index (χ1) is 6.79. The quantitative estimate of drug-likeness (QED) is 0.588. The Labute approximate surface area is 84.0 Å². The summed E-state index contributed by atoms with van der Waals surface area (Å²) < 4.78 is 0. The highest BCUT2D eigenvalue weighted by Gasteiger charge is 2.13. The van der Waals surface area contributed by atoms with Crippen molar-refractivity contribution in [2.75, 3.05) is 7.11 Å². The first-order valence-corrected chi connectivity index (χ1v) is 4.62. The largest absolute Gasteiger partial charge is 0.399 e. The van der Waals surface area contributed by atoms with Gasteiger partial charge in [-0.15, -0.1) is 0 Å². The van der Waals surface area contributed by atoms with Crippen molar-refractivity contribution in [1.82, 2.24) is 0 Å². The van der Waals surface area contributed by atoms with E-state index < -0.39 is 6.10 Å². The number of oxime groups is 1. The Morgan fingerprint density at radius 2 is 2.07 bits per heavy atom. The summed E-state index contributed by atoms with van der Waals surface area (Å²) in [5.41, 5.74) is 1.48. The number of aliphatic hydroxyl groups is 1. The lowest BCUT2D eigenvalue weighted by molar-refractivity contribution is 0.193. The molecule has 0 bridgehead atoms. The number of rotatable bonds is 4. The van der Waals surface area contributed by atoms with E-state index >= 15 is 0 Å². The molecule has 1 aromatic rings. The van der Waals surface area contributed by atoms with Crippen molar-refractivity contribution in [2.24, 2.45) is 5.16 Å². The Balaban J connectivity index is 2.83. The fourth-order valence-electron chi connectivity index (χ4n) is 1.25. The van der Waals surface area contributed by atoms with Crippen LogP contribution in [0.4, 0.5) is 0 Å². The van der Waals surface area contributed by atoms with Gasteiger partial charge in [-0.3, -0.25) is 0 Å². The molecule has 0 aliphatic carbocycles. The van der Waals surface area contributed by atoms with E-state index in [4.69, 9.17) is 0 Å². The van der Waals surface area contributed by atoms with Gasteiger partial charge in [-0.25, -0.2) is 0 Å². The van der Waals surface area contributed by atoms with E-state index in [0.717, 1.165) is 5.56 Å². The molecule has 1 rings (SSSR count). The van der Waals surface area contributed by atoms with Crippen LogP contribution in [0.5, 0.6) is 0 Å².